The minimum absolute atomic E-state index is 0.208. The number of hydrogen-bond donors (Lipinski definition) is 0. The molecule has 1 rings (SSSR count). The lowest BCUT2D eigenvalue weighted by atomic mass is 10.4. The third kappa shape index (κ3) is 3.79. The van der Waals surface area contributed by atoms with Crippen LogP contribution in [0.4, 0.5) is 0 Å². The third-order valence-corrected chi connectivity index (χ3v) is 2.95. The normalized spacial score (nSPS) is 11.4. The first-order chi connectivity index (χ1) is 6.86. The molecule has 0 aromatic heterocycles. The van der Waals surface area contributed by atoms with Crippen LogP contribution in [-0.2, 0) is 0 Å². The monoisotopic (exact) mass is 223 g/mol. The number of azide groups is 1. The van der Waals surface area contributed by atoms with Crippen molar-refractivity contribution in [2.24, 2.45) is 5.11 Å². The topological polar surface area (TPSA) is 48.8 Å². The number of rotatable bonds is 5. The van der Waals surface area contributed by atoms with Gasteiger partial charge in [-0.3, -0.25) is 0 Å². The molecule has 0 N–H and O–H groups in total. The van der Waals surface area contributed by atoms with E-state index in [1.807, 2.05) is 30.3 Å². The van der Waals surface area contributed by atoms with Gasteiger partial charge in [-0.1, -0.05) is 35.5 Å². The second kappa shape index (κ2) is 6.43. The first-order valence-electron chi connectivity index (χ1n) is 4.04. The number of benzene rings is 1. The largest absolute Gasteiger partial charge is 0.125 e. The molecule has 0 radical (unpaired) electrons. The van der Waals surface area contributed by atoms with Crippen LogP contribution in [0.1, 0.15) is 0 Å². The van der Waals surface area contributed by atoms with E-state index in [2.05, 4.69) is 10.0 Å². The summed E-state index contributed by atoms with van der Waals surface area (Å²) in [6, 6.07) is 9.74. The fourth-order valence-electron chi connectivity index (χ4n) is 0.864. The standard InChI is InChI=1S/C9H9N3S2/c10-12-11-8(6-13)7-14-9-4-2-1-3-5-9/h1-6,8H,7H2. The van der Waals surface area contributed by atoms with E-state index in [1.54, 1.807) is 11.8 Å². The maximum atomic E-state index is 8.25. The summed E-state index contributed by atoms with van der Waals surface area (Å²) in [6.07, 6.45) is 0. The molecule has 0 aliphatic rings. The molecule has 0 saturated heterocycles. The van der Waals surface area contributed by atoms with Crippen molar-refractivity contribution < 1.29 is 0 Å². The summed E-state index contributed by atoms with van der Waals surface area (Å²) in [5, 5.41) is 5.05. The van der Waals surface area contributed by atoms with Gasteiger partial charge in [0.15, 0.2) is 0 Å². The van der Waals surface area contributed by atoms with Crippen LogP contribution < -0.4 is 0 Å². The average Bonchev–Trinajstić information content (AvgIpc) is 2.25. The molecule has 1 aromatic rings. The van der Waals surface area contributed by atoms with Gasteiger partial charge in [0.05, 0.1) is 6.04 Å². The van der Waals surface area contributed by atoms with Crippen LogP contribution >= 0.6 is 24.0 Å². The highest BCUT2D eigenvalue weighted by Gasteiger charge is 2.02. The molecule has 3 nitrogen and oxygen atoms in total. The predicted octanol–water partition coefficient (Wildman–Crippen LogP) is 3.46. The molecule has 0 spiro atoms. The summed E-state index contributed by atoms with van der Waals surface area (Å²) in [4.78, 5) is 3.89. The fourth-order valence-corrected chi connectivity index (χ4v) is 2.01. The molecule has 0 amide bonds. The third-order valence-electron chi connectivity index (χ3n) is 1.52. The van der Waals surface area contributed by atoms with Crippen molar-refractivity contribution >= 4 is 29.3 Å². The summed E-state index contributed by atoms with van der Waals surface area (Å²) < 4.78 is 0. The van der Waals surface area contributed by atoms with Crippen molar-refractivity contribution in [2.75, 3.05) is 5.75 Å². The van der Waals surface area contributed by atoms with Crippen LogP contribution in [0, 0.1) is 0 Å². The van der Waals surface area contributed by atoms with Crippen molar-refractivity contribution in [1.82, 2.24) is 0 Å². The van der Waals surface area contributed by atoms with Gasteiger partial charge in [-0.05, 0) is 23.0 Å². The van der Waals surface area contributed by atoms with Gasteiger partial charge in [0.2, 0.25) is 0 Å². The van der Waals surface area contributed by atoms with Gasteiger partial charge in [-0.15, -0.1) is 11.8 Å². The fraction of sp³-hybridized carbons (Fsp3) is 0.222. The van der Waals surface area contributed by atoms with E-state index in [0.717, 1.165) is 4.90 Å². The number of nitrogens with zero attached hydrogens (tertiary/aromatic N) is 3. The Morgan fingerprint density at radius 2 is 2.21 bits per heavy atom. The van der Waals surface area contributed by atoms with E-state index < -0.39 is 0 Å². The van der Waals surface area contributed by atoms with Crippen LogP contribution in [-0.4, -0.2) is 17.2 Å². The molecule has 14 heavy (non-hydrogen) atoms. The van der Waals surface area contributed by atoms with E-state index >= 15 is 0 Å². The van der Waals surface area contributed by atoms with E-state index in [1.165, 1.54) is 5.37 Å². The van der Waals surface area contributed by atoms with Gasteiger partial charge >= 0.3 is 0 Å². The SMILES string of the molecule is [N-]=[N+]=NC(C=S)CSc1ccccc1. The molecule has 0 saturated carbocycles. The van der Waals surface area contributed by atoms with E-state index in [9.17, 15) is 0 Å². The Morgan fingerprint density at radius 3 is 2.79 bits per heavy atom. The zero-order valence-electron chi connectivity index (χ0n) is 7.41. The Morgan fingerprint density at radius 1 is 1.50 bits per heavy atom. The smallest absolute Gasteiger partial charge is 0.0752 e. The summed E-state index contributed by atoms with van der Waals surface area (Å²) >= 11 is 6.38. The van der Waals surface area contributed by atoms with Gasteiger partial charge in [-0.25, -0.2) is 0 Å². The minimum Gasteiger partial charge on any atom is -0.125 e. The predicted molar refractivity (Wildman–Crippen MR) is 63.8 cm³/mol. The molecule has 5 heteroatoms. The second-order valence-electron chi connectivity index (χ2n) is 2.53. The highest BCUT2D eigenvalue weighted by atomic mass is 32.2. The zero-order chi connectivity index (χ0) is 10.2. The Kier molecular flexibility index (Phi) is 5.07. The van der Waals surface area contributed by atoms with Crippen LogP contribution in [0.3, 0.4) is 0 Å². The first-order valence-corrected chi connectivity index (χ1v) is 5.50. The van der Waals surface area contributed by atoms with Crippen LogP contribution in [0.5, 0.6) is 0 Å². The highest BCUT2D eigenvalue weighted by molar-refractivity contribution is 7.99. The number of thioether (sulfide) groups is 1. The molecule has 0 fully saturated rings. The summed E-state index contributed by atoms with van der Waals surface area (Å²) in [6.45, 7) is 0. The molecule has 72 valence electrons. The number of hydrogen-bond acceptors (Lipinski definition) is 3. The average molecular weight is 223 g/mol. The summed E-state index contributed by atoms with van der Waals surface area (Å²) in [7, 11) is 0. The van der Waals surface area contributed by atoms with Crippen LogP contribution in [0.2, 0.25) is 0 Å². The Bertz CT molecular complexity index is 333. The molecule has 0 bridgehead atoms. The molecular weight excluding hydrogens is 214 g/mol. The quantitative estimate of drug-likeness (QED) is 0.252. The molecule has 1 atom stereocenters. The Labute approximate surface area is 92.1 Å². The number of thiocarbonyl (C=S) groups is 1. The van der Waals surface area contributed by atoms with Crippen LogP contribution in [0.25, 0.3) is 10.4 Å². The maximum absolute atomic E-state index is 8.25. The maximum Gasteiger partial charge on any atom is 0.0752 e. The van der Waals surface area contributed by atoms with Crippen molar-refractivity contribution in [1.29, 1.82) is 0 Å². The Hall–Kier alpha value is -1.03. The lowest BCUT2D eigenvalue weighted by molar-refractivity contribution is 1.00. The first kappa shape index (κ1) is 11.0. The van der Waals surface area contributed by atoms with E-state index in [-0.39, 0.29) is 6.04 Å². The second-order valence-corrected chi connectivity index (χ2v) is 3.90. The molecule has 1 aromatic carbocycles. The lowest BCUT2D eigenvalue weighted by Gasteiger charge is -2.03. The van der Waals surface area contributed by atoms with Gasteiger partial charge < -0.3 is 0 Å². The molecule has 1 unspecified atom stereocenters. The summed E-state index contributed by atoms with van der Waals surface area (Å²) in [5.74, 6) is 0.692. The zero-order valence-corrected chi connectivity index (χ0v) is 9.04. The van der Waals surface area contributed by atoms with Crippen LogP contribution in [0.15, 0.2) is 40.3 Å². The van der Waals surface area contributed by atoms with Gasteiger partial charge in [0.25, 0.3) is 0 Å². The van der Waals surface area contributed by atoms with Gasteiger partial charge in [0, 0.05) is 15.6 Å². The van der Waals surface area contributed by atoms with Crippen molar-refractivity contribution in [3.63, 3.8) is 0 Å². The Balaban J connectivity index is 2.47. The van der Waals surface area contributed by atoms with Crippen molar-refractivity contribution in [3.05, 3.63) is 40.8 Å². The molecular formula is C9H9N3S2. The lowest BCUT2D eigenvalue weighted by Crippen LogP contribution is -2.06. The molecule has 0 aliphatic heterocycles. The van der Waals surface area contributed by atoms with Crippen molar-refractivity contribution in [3.8, 4) is 0 Å². The van der Waals surface area contributed by atoms with E-state index in [4.69, 9.17) is 17.7 Å². The molecule has 0 aliphatic carbocycles. The molecule has 0 heterocycles. The summed E-state index contributed by atoms with van der Waals surface area (Å²) in [5.41, 5.74) is 8.25. The highest BCUT2D eigenvalue weighted by Crippen LogP contribution is 2.18. The van der Waals surface area contributed by atoms with E-state index in [0.29, 0.717) is 5.75 Å². The van der Waals surface area contributed by atoms with Crippen molar-refractivity contribution in [2.45, 2.75) is 10.9 Å². The van der Waals surface area contributed by atoms with Gasteiger partial charge in [-0.2, -0.15) is 0 Å². The minimum atomic E-state index is -0.208. The van der Waals surface area contributed by atoms with Gasteiger partial charge in [0.1, 0.15) is 0 Å².